The zero-order chi connectivity index (χ0) is 13.6. The van der Waals surface area contributed by atoms with Crippen LogP contribution in [0.15, 0.2) is 18.3 Å². The lowest BCUT2D eigenvalue weighted by atomic mass is 10.2. The van der Waals surface area contributed by atoms with E-state index in [-0.39, 0.29) is 17.2 Å². The Kier molecular flexibility index (Phi) is 2.51. The van der Waals surface area contributed by atoms with Crippen LogP contribution in [0.5, 0.6) is 0 Å². The molecule has 1 N–H and O–H groups in total. The molecule has 98 valence electrons. The number of hydrogen-bond donors (Lipinski definition) is 1. The lowest BCUT2D eigenvalue weighted by Gasteiger charge is -2.04. The Balaban J connectivity index is 2.33. The van der Waals surface area contributed by atoms with E-state index in [0.29, 0.717) is 11.3 Å². The third kappa shape index (κ3) is 1.76. The fourth-order valence-corrected chi connectivity index (χ4v) is 2.22. The second kappa shape index (κ2) is 4.08. The zero-order valence-electron chi connectivity index (χ0n) is 10.3. The highest BCUT2D eigenvalue weighted by Gasteiger charge is 2.32. The van der Waals surface area contributed by atoms with Crippen LogP contribution < -0.4 is 0 Å². The third-order valence-corrected chi connectivity index (χ3v) is 3.24. The average molecular weight is 260 g/mol. The van der Waals surface area contributed by atoms with Gasteiger partial charge >= 0.3 is 11.9 Å². The van der Waals surface area contributed by atoms with E-state index in [9.17, 15) is 14.7 Å². The average Bonchev–Trinajstić information content (AvgIpc) is 3.17. The maximum atomic E-state index is 11.7. The topological polar surface area (TPSA) is 80.9 Å². The quantitative estimate of drug-likeness (QED) is 0.849. The van der Waals surface area contributed by atoms with Gasteiger partial charge in [-0.15, -0.1) is 0 Å². The van der Waals surface area contributed by atoms with Gasteiger partial charge < -0.3 is 14.2 Å². The van der Waals surface area contributed by atoms with E-state index in [1.807, 2.05) is 0 Å². The molecule has 6 nitrogen and oxygen atoms in total. The molecule has 0 aliphatic heterocycles. The molecule has 1 aliphatic rings. The molecule has 1 aliphatic carbocycles. The molecule has 1 saturated carbocycles. The normalized spacial score (nSPS) is 14.6. The van der Waals surface area contributed by atoms with Gasteiger partial charge in [0, 0.05) is 12.1 Å². The first-order valence-electron chi connectivity index (χ1n) is 5.96. The second-order valence-electron chi connectivity index (χ2n) is 4.53. The van der Waals surface area contributed by atoms with Crippen LogP contribution in [0.4, 0.5) is 0 Å². The minimum atomic E-state index is -1.14. The van der Waals surface area contributed by atoms with Gasteiger partial charge in [-0.05, 0) is 25.0 Å². The van der Waals surface area contributed by atoms with Crippen LogP contribution in [-0.2, 0) is 4.74 Å². The van der Waals surface area contributed by atoms with E-state index >= 15 is 0 Å². The number of carbonyl (C=O) groups is 2. The zero-order valence-corrected chi connectivity index (χ0v) is 10.3. The molecule has 0 atom stereocenters. The molecule has 2 aromatic heterocycles. The Morgan fingerprint density at radius 3 is 2.79 bits per heavy atom. The van der Waals surface area contributed by atoms with E-state index in [1.165, 1.54) is 7.11 Å². The number of aromatic carboxylic acids is 1. The monoisotopic (exact) mass is 260 g/mol. The Morgan fingerprint density at radius 1 is 1.47 bits per heavy atom. The minimum absolute atomic E-state index is 0.0945. The molecule has 1 fully saturated rings. The molecule has 0 radical (unpaired) electrons. The number of aromatic nitrogens is 2. The molecular weight excluding hydrogens is 248 g/mol. The van der Waals surface area contributed by atoms with E-state index in [1.54, 1.807) is 22.7 Å². The summed E-state index contributed by atoms with van der Waals surface area (Å²) < 4.78 is 6.38. The Morgan fingerprint density at radius 2 is 2.21 bits per heavy atom. The Labute approximate surface area is 108 Å². The van der Waals surface area contributed by atoms with Crippen LogP contribution in [0.2, 0.25) is 0 Å². The van der Waals surface area contributed by atoms with Crippen molar-refractivity contribution in [3.63, 3.8) is 0 Å². The molecule has 0 aromatic carbocycles. The fraction of sp³-hybridized carbons (Fsp3) is 0.308. The number of imidazole rings is 1. The van der Waals surface area contributed by atoms with Crippen molar-refractivity contribution in [2.75, 3.05) is 7.11 Å². The lowest BCUT2D eigenvalue weighted by Crippen LogP contribution is -2.07. The number of fused-ring (bicyclic) bond motifs is 1. The molecule has 0 amide bonds. The fourth-order valence-electron chi connectivity index (χ4n) is 2.22. The van der Waals surface area contributed by atoms with Gasteiger partial charge in [-0.1, -0.05) is 0 Å². The Bertz CT molecular complexity index is 685. The highest BCUT2D eigenvalue weighted by atomic mass is 16.5. The van der Waals surface area contributed by atoms with Crippen LogP contribution >= 0.6 is 0 Å². The summed E-state index contributed by atoms with van der Waals surface area (Å²) in [6.07, 6.45) is 3.73. The first-order valence-corrected chi connectivity index (χ1v) is 5.96. The summed E-state index contributed by atoms with van der Waals surface area (Å²) in [4.78, 5) is 27.2. The lowest BCUT2D eigenvalue weighted by molar-refractivity contribution is 0.0602. The number of methoxy groups -OCH3 is 1. The SMILES string of the molecule is COC(=O)c1cccn2c(C3CC3)nc(C(=O)O)c12. The number of carboxylic acid groups (broad SMARTS) is 1. The van der Waals surface area contributed by atoms with Gasteiger partial charge in [0.2, 0.25) is 0 Å². The number of nitrogens with zero attached hydrogens (tertiary/aromatic N) is 2. The van der Waals surface area contributed by atoms with Gasteiger partial charge in [-0.3, -0.25) is 0 Å². The summed E-state index contributed by atoms with van der Waals surface area (Å²) in [6, 6.07) is 3.24. The van der Waals surface area contributed by atoms with E-state index < -0.39 is 11.9 Å². The third-order valence-electron chi connectivity index (χ3n) is 3.24. The molecule has 0 saturated heterocycles. The smallest absolute Gasteiger partial charge is 0.356 e. The molecule has 0 spiro atoms. The maximum Gasteiger partial charge on any atom is 0.356 e. The number of rotatable bonds is 3. The molecule has 2 heterocycles. The highest BCUT2D eigenvalue weighted by molar-refractivity contribution is 6.04. The number of pyridine rings is 1. The van der Waals surface area contributed by atoms with Crippen molar-refractivity contribution < 1.29 is 19.4 Å². The van der Waals surface area contributed by atoms with Crippen molar-refractivity contribution in [3.05, 3.63) is 35.4 Å². The van der Waals surface area contributed by atoms with Crippen molar-refractivity contribution in [1.82, 2.24) is 9.38 Å². The number of esters is 1. The minimum Gasteiger partial charge on any atom is -0.476 e. The van der Waals surface area contributed by atoms with Crippen molar-refractivity contribution in [2.45, 2.75) is 18.8 Å². The first-order chi connectivity index (χ1) is 9.13. The van der Waals surface area contributed by atoms with Crippen LogP contribution in [0, 0.1) is 0 Å². The van der Waals surface area contributed by atoms with Crippen LogP contribution in [0.3, 0.4) is 0 Å². The number of ether oxygens (including phenoxy) is 1. The van der Waals surface area contributed by atoms with E-state index in [0.717, 1.165) is 12.8 Å². The van der Waals surface area contributed by atoms with Crippen molar-refractivity contribution in [3.8, 4) is 0 Å². The Hall–Kier alpha value is -2.37. The van der Waals surface area contributed by atoms with Crippen LogP contribution in [0.25, 0.3) is 5.52 Å². The molecular formula is C13H12N2O4. The van der Waals surface area contributed by atoms with Gasteiger partial charge in [0.1, 0.15) is 5.82 Å². The van der Waals surface area contributed by atoms with E-state index in [4.69, 9.17) is 4.74 Å². The van der Waals surface area contributed by atoms with Gasteiger partial charge in [0.15, 0.2) is 5.69 Å². The van der Waals surface area contributed by atoms with Gasteiger partial charge in [0.05, 0.1) is 18.2 Å². The highest BCUT2D eigenvalue weighted by Crippen LogP contribution is 2.40. The summed E-state index contributed by atoms with van der Waals surface area (Å²) in [5, 5.41) is 9.25. The molecule has 3 rings (SSSR count). The van der Waals surface area contributed by atoms with Crippen molar-refractivity contribution in [2.24, 2.45) is 0 Å². The maximum absolute atomic E-state index is 11.7. The van der Waals surface area contributed by atoms with Crippen LogP contribution in [0.1, 0.15) is 45.4 Å². The molecule has 2 aromatic rings. The standard InChI is InChI=1S/C13H12N2O4/c1-19-13(18)8-3-2-6-15-10(8)9(12(16)17)14-11(15)7-4-5-7/h2-3,6-7H,4-5H2,1H3,(H,16,17). The predicted octanol–water partition coefficient (Wildman–Crippen LogP) is 1.70. The largest absolute Gasteiger partial charge is 0.476 e. The van der Waals surface area contributed by atoms with Gasteiger partial charge in [-0.2, -0.15) is 0 Å². The van der Waals surface area contributed by atoms with Crippen LogP contribution in [-0.4, -0.2) is 33.5 Å². The molecule has 0 unspecified atom stereocenters. The van der Waals surface area contributed by atoms with Crippen molar-refractivity contribution >= 4 is 17.5 Å². The molecule has 0 bridgehead atoms. The van der Waals surface area contributed by atoms with Crippen molar-refractivity contribution in [1.29, 1.82) is 0 Å². The van der Waals surface area contributed by atoms with Gasteiger partial charge in [-0.25, -0.2) is 14.6 Å². The number of carboxylic acids is 1. The summed E-state index contributed by atoms with van der Waals surface area (Å²) in [6.45, 7) is 0. The van der Waals surface area contributed by atoms with Gasteiger partial charge in [0.25, 0.3) is 0 Å². The first kappa shape index (κ1) is 11.7. The second-order valence-corrected chi connectivity index (χ2v) is 4.53. The summed E-state index contributed by atoms with van der Waals surface area (Å²) >= 11 is 0. The molecule has 19 heavy (non-hydrogen) atoms. The van der Waals surface area contributed by atoms with E-state index in [2.05, 4.69) is 4.98 Å². The summed E-state index contributed by atoms with van der Waals surface area (Å²) in [5.74, 6) is -0.706. The number of carbonyl (C=O) groups excluding carboxylic acids is 1. The summed E-state index contributed by atoms with van der Waals surface area (Å²) in [7, 11) is 1.27. The number of hydrogen-bond acceptors (Lipinski definition) is 4. The molecule has 6 heteroatoms. The predicted molar refractivity (Wildman–Crippen MR) is 65.5 cm³/mol. The summed E-state index contributed by atoms with van der Waals surface area (Å²) in [5.41, 5.74) is 0.438.